The highest BCUT2D eigenvalue weighted by molar-refractivity contribution is 7.26. The highest BCUT2D eigenvalue weighted by Gasteiger charge is 2.13. The molecular weight excluding hydrogens is 234 g/mol. The first-order valence-corrected chi connectivity index (χ1v) is 7.36. The average molecular weight is 251 g/mol. The molecule has 0 radical (unpaired) electrons. The smallest absolute Gasteiger partial charge is 0.0454 e. The Labute approximate surface area is 105 Å². The van der Waals surface area contributed by atoms with Gasteiger partial charge in [0.2, 0.25) is 0 Å². The summed E-state index contributed by atoms with van der Waals surface area (Å²) in [6.07, 6.45) is 4.22. The Morgan fingerprint density at radius 1 is 1.50 bits per heavy atom. The first kappa shape index (κ1) is 11.8. The van der Waals surface area contributed by atoms with Gasteiger partial charge in [-0.05, 0) is 36.9 Å². The van der Waals surface area contributed by atoms with Gasteiger partial charge in [0.05, 0.1) is 0 Å². The average Bonchev–Trinajstić information content (AvgIpc) is 2.84. The largest absolute Gasteiger partial charge is 0.310 e. The molecule has 3 heteroatoms. The molecule has 86 valence electrons. The summed E-state index contributed by atoms with van der Waals surface area (Å²) in [6, 6.07) is 5.04. The summed E-state index contributed by atoms with van der Waals surface area (Å²) in [5, 5.41) is 5.72. The van der Waals surface area contributed by atoms with Gasteiger partial charge in [-0.3, -0.25) is 0 Å². The number of fused-ring (bicyclic) bond motifs is 1. The van der Waals surface area contributed by atoms with E-state index in [0.29, 0.717) is 6.04 Å². The molecule has 0 aliphatic carbocycles. The molecule has 0 amide bonds. The number of hydrogen-bond acceptors (Lipinski definition) is 3. The second-order valence-electron chi connectivity index (χ2n) is 3.77. The Morgan fingerprint density at radius 2 is 2.38 bits per heavy atom. The fourth-order valence-corrected chi connectivity index (χ4v) is 4.06. The summed E-state index contributed by atoms with van der Waals surface area (Å²) in [5.41, 5.74) is 0. The molecule has 2 aromatic rings. The predicted molar refractivity (Wildman–Crippen MR) is 75.6 cm³/mol. The van der Waals surface area contributed by atoms with Crippen LogP contribution in [0.25, 0.3) is 9.40 Å². The van der Waals surface area contributed by atoms with E-state index in [1.54, 1.807) is 0 Å². The molecule has 2 heterocycles. The number of rotatable bonds is 6. The minimum Gasteiger partial charge on any atom is -0.310 e. The zero-order chi connectivity index (χ0) is 11.4. The summed E-state index contributed by atoms with van der Waals surface area (Å²) in [6.45, 7) is 6.98. The van der Waals surface area contributed by atoms with Gasteiger partial charge in [0.25, 0.3) is 0 Å². The van der Waals surface area contributed by atoms with Crippen molar-refractivity contribution in [1.29, 1.82) is 0 Å². The van der Waals surface area contributed by atoms with Crippen molar-refractivity contribution in [3.63, 3.8) is 0 Å². The molecule has 2 rings (SSSR count). The van der Waals surface area contributed by atoms with E-state index in [2.05, 4.69) is 36.3 Å². The van der Waals surface area contributed by atoms with Crippen LogP contribution in [0.4, 0.5) is 0 Å². The molecule has 0 fully saturated rings. The van der Waals surface area contributed by atoms with Crippen LogP contribution in [-0.2, 0) is 0 Å². The Hall–Kier alpha value is -0.640. The van der Waals surface area contributed by atoms with Crippen LogP contribution >= 0.6 is 22.7 Å². The molecule has 0 saturated heterocycles. The highest BCUT2D eigenvalue weighted by Crippen LogP contribution is 2.34. The van der Waals surface area contributed by atoms with Crippen LogP contribution in [-0.4, -0.2) is 6.54 Å². The molecule has 1 nitrogen and oxygen atoms in total. The van der Waals surface area contributed by atoms with Crippen molar-refractivity contribution < 1.29 is 0 Å². The van der Waals surface area contributed by atoms with Crippen LogP contribution in [0.1, 0.15) is 30.7 Å². The lowest BCUT2D eigenvalue weighted by Crippen LogP contribution is -2.19. The van der Waals surface area contributed by atoms with E-state index in [9.17, 15) is 0 Å². The van der Waals surface area contributed by atoms with Crippen LogP contribution < -0.4 is 5.32 Å². The number of thiophene rings is 2. The molecule has 1 atom stereocenters. The first-order valence-electron chi connectivity index (χ1n) is 5.66. The lowest BCUT2D eigenvalue weighted by atomic mass is 10.1. The van der Waals surface area contributed by atoms with Gasteiger partial charge in [0, 0.05) is 20.3 Å². The minimum atomic E-state index is 0.493. The van der Waals surface area contributed by atoms with Crippen molar-refractivity contribution in [2.24, 2.45) is 0 Å². The summed E-state index contributed by atoms with van der Waals surface area (Å²) in [4.78, 5) is 1.46. The van der Waals surface area contributed by atoms with Crippen LogP contribution in [0.5, 0.6) is 0 Å². The van der Waals surface area contributed by atoms with Crippen molar-refractivity contribution in [2.45, 2.75) is 25.8 Å². The summed E-state index contributed by atoms with van der Waals surface area (Å²) >= 11 is 3.75. The fraction of sp³-hybridized carbons (Fsp3) is 0.385. The maximum atomic E-state index is 3.80. The lowest BCUT2D eigenvalue weighted by molar-refractivity contribution is 0.528. The van der Waals surface area contributed by atoms with Gasteiger partial charge >= 0.3 is 0 Å². The Bertz CT molecular complexity index is 427. The Kier molecular flexibility index (Phi) is 4.16. The quantitative estimate of drug-likeness (QED) is 0.741. The van der Waals surface area contributed by atoms with E-state index < -0.39 is 0 Å². The minimum absolute atomic E-state index is 0.493. The second-order valence-corrected chi connectivity index (χ2v) is 5.84. The van der Waals surface area contributed by atoms with Crippen LogP contribution in [0.2, 0.25) is 0 Å². The topological polar surface area (TPSA) is 12.0 Å². The van der Waals surface area contributed by atoms with Crippen LogP contribution in [0.3, 0.4) is 0 Å². The molecule has 0 aliphatic heterocycles. The van der Waals surface area contributed by atoms with E-state index in [4.69, 9.17) is 0 Å². The normalized spacial score (nSPS) is 13.1. The van der Waals surface area contributed by atoms with Crippen molar-refractivity contribution >= 4 is 32.1 Å². The zero-order valence-corrected chi connectivity index (χ0v) is 11.2. The third-order valence-electron chi connectivity index (χ3n) is 2.61. The molecule has 16 heavy (non-hydrogen) atoms. The van der Waals surface area contributed by atoms with Crippen molar-refractivity contribution in [1.82, 2.24) is 5.32 Å². The van der Waals surface area contributed by atoms with Gasteiger partial charge in [-0.1, -0.05) is 13.0 Å². The monoisotopic (exact) mass is 251 g/mol. The van der Waals surface area contributed by atoms with Gasteiger partial charge in [-0.2, -0.15) is 0 Å². The first-order chi connectivity index (χ1) is 7.85. The number of allylic oxidation sites excluding steroid dienone is 1. The molecule has 1 N–H and O–H groups in total. The molecule has 1 unspecified atom stereocenters. The molecule has 0 bridgehead atoms. The van der Waals surface area contributed by atoms with Gasteiger partial charge in [-0.15, -0.1) is 29.3 Å². The Balaban J connectivity index is 2.17. The lowest BCUT2D eigenvalue weighted by Gasteiger charge is -2.14. The molecule has 0 spiro atoms. The van der Waals surface area contributed by atoms with Crippen molar-refractivity contribution in [3.8, 4) is 0 Å². The van der Waals surface area contributed by atoms with E-state index in [-0.39, 0.29) is 0 Å². The van der Waals surface area contributed by atoms with Crippen molar-refractivity contribution in [2.75, 3.05) is 6.54 Å². The van der Waals surface area contributed by atoms with Gasteiger partial charge < -0.3 is 5.32 Å². The molecule has 0 aromatic carbocycles. The number of nitrogens with one attached hydrogen (secondary N) is 1. The maximum absolute atomic E-state index is 3.80. The summed E-state index contributed by atoms with van der Waals surface area (Å²) in [5.74, 6) is 0. The van der Waals surface area contributed by atoms with E-state index in [1.165, 1.54) is 14.3 Å². The SMILES string of the molecule is C=CCCC(NCC)c1cc2sccc2s1. The molecule has 2 aromatic heterocycles. The summed E-state index contributed by atoms with van der Waals surface area (Å²) < 4.78 is 2.84. The second kappa shape index (κ2) is 5.62. The Morgan fingerprint density at radius 3 is 3.06 bits per heavy atom. The summed E-state index contributed by atoms with van der Waals surface area (Å²) in [7, 11) is 0. The standard InChI is InChI=1S/C13H17NS2/c1-3-5-6-10(14-4-2)12-9-13-11(16-12)7-8-15-13/h3,7-10,14H,1,4-6H2,2H3. The van der Waals surface area contributed by atoms with Crippen LogP contribution in [0, 0.1) is 0 Å². The maximum Gasteiger partial charge on any atom is 0.0454 e. The highest BCUT2D eigenvalue weighted by atomic mass is 32.1. The van der Waals surface area contributed by atoms with Gasteiger partial charge in [-0.25, -0.2) is 0 Å². The van der Waals surface area contributed by atoms with Crippen LogP contribution in [0.15, 0.2) is 30.2 Å². The van der Waals surface area contributed by atoms with E-state index in [0.717, 1.165) is 19.4 Å². The van der Waals surface area contributed by atoms with Crippen molar-refractivity contribution in [3.05, 3.63) is 35.0 Å². The van der Waals surface area contributed by atoms with E-state index >= 15 is 0 Å². The predicted octanol–water partition coefficient (Wildman–Crippen LogP) is 4.58. The third-order valence-corrected chi connectivity index (χ3v) is 4.82. The number of hydrogen-bond donors (Lipinski definition) is 1. The van der Waals surface area contributed by atoms with E-state index in [1.807, 2.05) is 28.7 Å². The fourth-order valence-electron chi connectivity index (χ4n) is 1.83. The molecule has 0 aliphatic rings. The van der Waals surface area contributed by atoms with Gasteiger partial charge in [0.15, 0.2) is 0 Å². The molecule has 0 saturated carbocycles. The zero-order valence-electron chi connectivity index (χ0n) is 9.53. The molecular formula is C13H17NS2. The van der Waals surface area contributed by atoms with Gasteiger partial charge in [0.1, 0.15) is 0 Å². The third kappa shape index (κ3) is 2.54.